The molecule has 132 valence electrons. The molecule has 0 bridgehead atoms. The standard InChI is InChI=1S/C18H21BrN4O2/c19-16-7-6-15(24-16)18-22-13(10-20)17(25-18)21-11-12-4-3-9-23-8-2-1-5-14(12)23/h6-7,12,14,21H,1-5,8-9,11H2/t12-,14-/m1/s1. The molecular weight excluding hydrogens is 384 g/mol. The fourth-order valence-corrected chi connectivity index (χ4v) is 4.40. The summed E-state index contributed by atoms with van der Waals surface area (Å²) in [6.07, 6.45) is 6.39. The summed E-state index contributed by atoms with van der Waals surface area (Å²) in [4.78, 5) is 6.88. The average Bonchev–Trinajstić information content (AvgIpc) is 3.25. The van der Waals surface area contributed by atoms with Gasteiger partial charge in [0.25, 0.3) is 5.89 Å². The lowest BCUT2D eigenvalue weighted by atomic mass is 9.83. The molecule has 0 aliphatic carbocycles. The number of anilines is 1. The number of rotatable bonds is 4. The van der Waals surface area contributed by atoms with Gasteiger partial charge in [-0.1, -0.05) is 6.42 Å². The maximum Gasteiger partial charge on any atom is 0.266 e. The largest absolute Gasteiger partial charge is 0.444 e. The SMILES string of the molecule is N#Cc1nc(-c2ccc(Br)o2)oc1NC[C@H]1CCCN2CCCC[C@H]12. The molecular formula is C18H21BrN4O2. The summed E-state index contributed by atoms with van der Waals surface area (Å²) in [6.45, 7) is 3.27. The molecule has 2 aliphatic heterocycles. The van der Waals surface area contributed by atoms with Gasteiger partial charge >= 0.3 is 0 Å². The Hall–Kier alpha value is -1.78. The van der Waals surface area contributed by atoms with Crippen LogP contribution in [0.3, 0.4) is 0 Å². The Morgan fingerprint density at radius 3 is 2.92 bits per heavy atom. The maximum atomic E-state index is 9.35. The van der Waals surface area contributed by atoms with Crippen molar-refractivity contribution in [2.45, 2.75) is 38.1 Å². The molecule has 0 spiro atoms. The van der Waals surface area contributed by atoms with E-state index in [1.807, 2.05) is 0 Å². The first-order chi connectivity index (χ1) is 12.2. The zero-order valence-corrected chi connectivity index (χ0v) is 15.6. The summed E-state index contributed by atoms with van der Waals surface area (Å²) in [7, 11) is 0. The predicted molar refractivity (Wildman–Crippen MR) is 97.0 cm³/mol. The van der Waals surface area contributed by atoms with Gasteiger partial charge in [-0.3, -0.25) is 0 Å². The van der Waals surface area contributed by atoms with Gasteiger partial charge in [-0.25, -0.2) is 0 Å². The van der Waals surface area contributed by atoms with E-state index in [1.165, 1.54) is 45.2 Å². The number of oxazole rings is 1. The van der Waals surface area contributed by atoms with Crippen molar-refractivity contribution in [3.63, 3.8) is 0 Å². The van der Waals surface area contributed by atoms with Crippen molar-refractivity contribution in [1.29, 1.82) is 5.26 Å². The highest BCUT2D eigenvalue weighted by atomic mass is 79.9. The molecule has 0 unspecified atom stereocenters. The lowest BCUT2D eigenvalue weighted by Crippen LogP contribution is -2.49. The number of aromatic nitrogens is 1. The molecule has 25 heavy (non-hydrogen) atoms. The molecule has 2 atom stereocenters. The second-order valence-corrected chi connectivity index (χ2v) is 7.58. The highest BCUT2D eigenvalue weighted by Gasteiger charge is 2.33. The van der Waals surface area contributed by atoms with Crippen LogP contribution in [0.1, 0.15) is 37.8 Å². The molecule has 4 rings (SSSR count). The van der Waals surface area contributed by atoms with Crippen molar-refractivity contribution < 1.29 is 8.83 Å². The van der Waals surface area contributed by atoms with Crippen molar-refractivity contribution in [3.8, 4) is 17.7 Å². The third-order valence-electron chi connectivity index (χ3n) is 5.27. The Morgan fingerprint density at radius 1 is 1.24 bits per heavy atom. The topological polar surface area (TPSA) is 78.2 Å². The number of hydrogen-bond acceptors (Lipinski definition) is 6. The number of piperidine rings is 2. The van der Waals surface area contributed by atoms with E-state index in [1.54, 1.807) is 12.1 Å². The van der Waals surface area contributed by atoms with Crippen LogP contribution in [0, 0.1) is 17.2 Å². The van der Waals surface area contributed by atoms with E-state index in [2.05, 4.69) is 37.2 Å². The third kappa shape index (κ3) is 3.46. The summed E-state index contributed by atoms with van der Waals surface area (Å²) in [6, 6.07) is 6.30. The lowest BCUT2D eigenvalue weighted by Gasteiger charge is -2.44. The molecule has 2 aromatic heterocycles. The minimum Gasteiger partial charge on any atom is -0.444 e. The van der Waals surface area contributed by atoms with E-state index < -0.39 is 0 Å². The van der Waals surface area contributed by atoms with E-state index in [9.17, 15) is 5.26 Å². The summed E-state index contributed by atoms with van der Waals surface area (Å²) in [5.41, 5.74) is 0.277. The van der Waals surface area contributed by atoms with Crippen molar-refractivity contribution >= 4 is 21.8 Å². The highest BCUT2D eigenvalue weighted by molar-refractivity contribution is 9.10. The van der Waals surface area contributed by atoms with E-state index in [-0.39, 0.29) is 5.69 Å². The average molecular weight is 405 g/mol. The van der Waals surface area contributed by atoms with Gasteiger partial charge in [-0.05, 0) is 72.8 Å². The summed E-state index contributed by atoms with van der Waals surface area (Å²) >= 11 is 3.27. The van der Waals surface area contributed by atoms with Gasteiger partial charge < -0.3 is 19.1 Å². The fourth-order valence-electron chi connectivity index (χ4n) is 4.09. The van der Waals surface area contributed by atoms with Crippen molar-refractivity contribution in [1.82, 2.24) is 9.88 Å². The van der Waals surface area contributed by atoms with Crippen LogP contribution in [0.2, 0.25) is 0 Å². The van der Waals surface area contributed by atoms with Crippen LogP contribution in [0.5, 0.6) is 0 Å². The molecule has 2 saturated heterocycles. The zero-order valence-electron chi connectivity index (χ0n) is 14.0. The number of nitrogens with one attached hydrogen (secondary N) is 1. The first kappa shape index (κ1) is 16.7. The number of nitriles is 1. The van der Waals surface area contributed by atoms with E-state index in [4.69, 9.17) is 8.83 Å². The van der Waals surface area contributed by atoms with Crippen molar-refractivity contribution in [2.75, 3.05) is 25.0 Å². The monoisotopic (exact) mass is 404 g/mol. The lowest BCUT2D eigenvalue weighted by molar-refractivity contribution is 0.0647. The molecule has 0 amide bonds. The molecule has 2 aliphatic rings. The van der Waals surface area contributed by atoms with Crippen LogP contribution in [0.15, 0.2) is 25.6 Å². The van der Waals surface area contributed by atoms with Gasteiger partial charge in [-0.2, -0.15) is 10.2 Å². The number of nitrogens with zero attached hydrogens (tertiary/aromatic N) is 3. The third-order valence-corrected chi connectivity index (χ3v) is 5.70. The van der Waals surface area contributed by atoms with Gasteiger partial charge in [0.05, 0.1) is 0 Å². The Balaban J connectivity index is 1.47. The molecule has 0 aromatic carbocycles. The van der Waals surface area contributed by atoms with Crippen molar-refractivity contribution in [2.24, 2.45) is 5.92 Å². The van der Waals surface area contributed by atoms with E-state index in [0.29, 0.717) is 34.2 Å². The number of hydrogen-bond donors (Lipinski definition) is 1. The van der Waals surface area contributed by atoms with Crippen LogP contribution in [0.25, 0.3) is 11.7 Å². The second kappa shape index (κ2) is 7.22. The summed E-state index contributed by atoms with van der Waals surface area (Å²) in [5, 5.41) is 12.7. The first-order valence-corrected chi connectivity index (χ1v) is 9.68. The van der Waals surface area contributed by atoms with Crippen LogP contribution >= 0.6 is 15.9 Å². The van der Waals surface area contributed by atoms with Gasteiger partial charge in [0.15, 0.2) is 10.4 Å². The summed E-state index contributed by atoms with van der Waals surface area (Å²) in [5.74, 6) is 1.87. The van der Waals surface area contributed by atoms with Gasteiger partial charge in [0.2, 0.25) is 11.6 Å². The first-order valence-electron chi connectivity index (χ1n) is 8.89. The van der Waals surface area contributed by atoms with Crippen LogP contribution in [-0.2, 0) is 0 Å². The molecule has 7 heteroatoms. The van der Waals surface area contributed by atoms with Crippen LogP contribution in [-0.4, -0.2) is 35.6 Å². The summed E-state index contributed by atoms with van der Waals surface area (Å²) < 4.78 is 11.8. The Morgan fingerprint density at radius 2 is 2.12 bits per heavy atom. The number of halogens is 1. The quantitative estimate of drug-likeness (QED) is 0.820. The smallest absolute Gasteiger partial charge is 0.266 e. The number of fused-ring (bicyclic) bond motifs is 1. The molecule has 2 aromatic rings. The predicted octanol–water partition coefficient (Wildman–Crippen LogP) is 4.25. The maximum absolute atomic E-state index is 9.35. The van der Waals surface area contributed by atoms with Gasteiger partial charge in [0, 0.05) is 12.6 Å². The van der Waals surface area contributed by atoms with Crippen LogP contribution in [0.4, 0.5) is 5.88 Å². The second-order valence-electron chi connectivity index (χ2n) is 6.79. The Bertz CT molecular complexity index is 776. The molecule has 2 fully saturated rings. The van der Waals surface area contributed by atoms with Crippen molar-refractivity contribution in [3.05, 3.63) is 22.5 Å². The van der Waals surface area contributed by atoms with Gasteiger partial charge in [0.1, 0.15) is 6.07 Å². The highest BCUT2D eigenvalue weighted by Crippen LogP contribution is 2.32. The van der Waals surface area contributed by atoms with E-state index >= 15 is 0 Å². The van der Waals surface area contributed by atoms with Gasteiger partial charge in [-0.15, -0.1) is 0 Å². The Labute approximate surface area is 155 Å². The van der Waals surface area contributed by atoms with E-state index in [0.717, 1.165) is 6.54 Å². The molecule has 0 radical (unpaired) electrons. The molecule has 1 N–H and O–H groups in total. The molecule has 0 saturated carbocycles. The number of furan rings is 1. The van der Waals surface area contributed by atoms with Crippen LogP contribution < -0.4 is 5.32 Å². The molecule has 6 nitrogen and oxygen atoms in total. The normalized spacial score (nSPS) is 23.8. The fraction of sp³-hybridized carbons (Fsp3) is 0.556. The molecule has 4 heterocycles. The minimum atomic E-state index is 0.277. The minimum absolute atomic E-state index is 0.277. The Kier molecular flexibility index (Phi) is 4.82. The zero-order chi connectivity index (χ0) is 17.2.